The van der Waals surface area contributed by atoms with E-state index in [0.29, 0.717) is 0 Å². The molecule has 0 aromatic heterocycles. The van der Waals surface area contributed by atoms with E-state index in [1.807, 2.05) is 18.7 Å². The number of carbonyl (C=O) groups is 3. The van der Waals surface area contributed by atoms with Crippen molar-refractivity contribution in [1.82, 2.24) is 15.5 Å². The number of hydrogen-bond donors (Lipinski definition) is 2. The van der Waals surface area contributed by atoms with Gasteiger partial charge in [-0.1, -0.05) is 47.0 Å². The van der Waals surface area contributed by atoms with Gasteiger partial charge in [-0.2, -0.15) is 0 Å². The lowest BCUT2D eigenvalue weighted by Crippen LogP contribution is -2.57. The second-order valence-electron chi connectivity index (χ2n) is 13.2. The number of nitrogens with one attached hydrogen (secondary N) is 2. The first kappa shape index (κ1) is 25.0. The van der Waals surface area contributed by atoms with Gasteiger partial charge in [0.15, 0.2) is 5.78 Å². The zero-order valence-corrected chi connectivity index (χ0v) is 22.3. The third-order valence-corrected chi connectivity index (χ3v) is 10.8. The van der Waals surface area contributed by atoms with Gasteiger partial charge in [-0.25, -0.2) is 4.79 Å². The van der Waals surface area contributed by atoms with E-state index in [1.54, 1.807) is 0 Å². The lowest BCUT2D eigenvalue weighted by Gasteiger charge is -2.33. The summed E-state index contributed by atoms with van der Waals surface area (Å²) < 4.78 is 5.62. The zero-order chi connectivity index (χ0) is 25.2. The molecule has 0 aromatic rings. The molecular weight excluding hydrogens is 442 g/mol. The van der Waals surface area contributed by atoms with E-state index >= 15 is 0 Å². The minimum atomic E-state index is -0.605. The van der Waals surface area contributed by atoms with Crippen molar-refractivity contribution in [2.45, 2.75) is 104 Å². The predicted molar refractivity (Wildman–Crippen MR) is 134 cm³/mol. The minimum Gasteiger partial charge on any atom is -0.380 e. The summed E-state index contributed by atoms with van der Waals surface area (Å²) in [5.74, 6) is 0.472. The largest absolute Gasteiger partial charge is 0.380 e. The van der Waals surface area contributed by atoms with Crippen molar-refractivity contribution in [2.24, 2.45) is 34.0 Å². The summed E-state index contributed by atoms with van der Waals surface area (Å²) >= 11 is 0. The molecule has 196 valence electrons. The van der Waals surface area contributed by atoms with Crippen LogP contribution in [0.3, 0.4) is 0 Å². The molecule has 3 amide bonds. The number of rotatable bonds is 7. The summed E-state index contributed by atoms with van der Waals surface area (Å²) in [6.07, 6.45) is 8.30. The maximum Gasteiger partial charge on any atom is 0.316 e. The molecule has 5 rings (SSSR count). The van der Waals surface area contributed by atoms with E-state index in [-0.39, 0.29) is 57.8 Å². The van der Waals surface area contributed by atoms with E-state index in [4.69, 9.17) is 4.74 Å². The van der Waals surface area contributed by atoms with E-state index in [0.717, 1.165) is 64.7 Å². The fraction of sp³-hybridized carbons (Fsp3) is 0.893. The van der Waals surface area contributed by atoms with Crippen LogP contribution in [-0.2, 0) is 14.3 Å². The van der Waals surface area contributed by atoms with Crippen LogP contribution in [-0.4, -0.2) is 60.5 Å². The molecule has 2 heterocycles. The van der Waals surface area contributed by atoms with Crippen molar-refractivity contribution >= 4 is 17.7 Å². The Balaban J connectivity index is 1.26. The van der Waals surface area contributed by atoms with E-state index in [2.05, 4.69) is 31.4 Å². The molecule has 3 aliphatic carbocycles. The Hall–Kier alpha value is -1.63. The Labute approximate surface area is 210 Å². The first-order chi connectivity index (χ1) is 16.5. The average Bonchev–Trinajstić information content (AvgIpc) is 3.65. The summed E-state index contributed by atoms with van der Waals surface area (Å²) in [4.78, 5) is 42.1. The molecule has 7 heteroatoms. The third-order valence-electron chi connectivity index (χ3n) is 10.8. The lowest BCUT2D eigenvalue weighted by molar-refractivity contribution is -0.135. The van der Waals surface area contributed by atoms with Gasteiger partial charge in [0.25, 0.3) is 0 Å². The maximum atomic E-state index is 13.8. The van der Waals surface area contributed by atoms with Crippen LogP contribution >= 0.6 is 0 Å². The van der Waals surface area contributed by atoms with Gasteiger partial charge >= 0.3 is 6.03 Å². The molecule has 1 unspecified atom stereocenters. The predicted octanol–water partition coefficient (Wildman–Crippen LogP) is 3.90. The second kappa shape index (κ2) is 8.74. The van der Waals surface area contributed by atoms with E-state index in [9.17, 15) is 14.4 Å². The van der Waals surface area contributed by atoms with Gasteiger partial charge in [0.1, 0.15) is 6.04 Å². The van der Waals surface area contributed by atoms with Crippen LogP contribution in [0.1, 0.15) is 86.0 Å². The third kappa shape index (κ3) is 3.82. The van der Waals surface area contributed by atoms with Crippen LogP contribution in [0.5, 0.6) is 0 Å². The molecule has 2 aliphatic heterocycles. The molecule has 3 saturated carbocycles. The molecule has 0 radical (unpaired) electrons. The number of fused-ring (bicyclic) bond motifs is 1. The number of carbonyl (C=O) groups excluding carboxylic acids is 3. The molecule has 5 aliphatic rings. The number of urea groups is 1. The quantitative estimate of drug-likeness (QED) is 0.570. The van der Waals surface area contributed by atoms with Crippen molar-refractivity contribution < 1.29 is 19.1 Å². The number of ketones is 1. The standard InChI is InChI=1S/C28H45N3O4/c1-17(2)21(24(33)31-14-27(13-18(31)3)26(4,5)28(27)15-35-16-28)29-25(34)30-22(23(32)20-11-12-20)19-9-7-6-8-10-19/h17-22H,6-16H2,1-5H3,(H2,29,30,34)/t18-,21?,22+,27-/m1/s1. The van der Waals surface area contributed by atoms with Crippen molar-refractivity contribution in [3.63, 3.8) is 0 Å². The summed E-state index contributed by atoms with van der Waals surface area (Å²) in [5.41, 5.74) is 0.466. The molecule has 2 saturated heterocycles. The number of ether oxygens (including phenoxy) is 1. The average molecular weight is 488 g/mol. The lowest BCUT2D eigenvalue weighted by atomic mass is 9.81. The summed E-state index contributed by atoms with van der Waals surface area (Å²) in [5, 5.41) is 6.03. The maximum absolute atomic E-state index is 13.8. The topological polar surface area (TPSA) is 87.7 Å². The van der Waals surface area contributed by atoms with Crippen molar-refractivity contribution in [3.8, 4) is 0 Å². The van der Waals surface area contributed by atoms with Crippen LogP contribution in [0.4, 0.5) is 4.79 Å². The fourth-order valence-electron chi connectivity index (χ4n) is 7.95. The number of likely N-dealkylation sites (tertiary alicyclic amines) is 1. The van der Waals surface area contributed by atoms with Gasteiger partial charge in [0.05, 0.1) is 19.3 Å². The zero-order valence-electron chi connectivity index (χ0n) is 22.3. The Kier molecular flexibility index (Phi) is 6.25. The van der Waals surface area contributed by atoms with Gasteiger partial charge in [0.2, 0.25) is 5.91 Å². The Bertz CT molecular complexity index is 871. The Morgan fingerprint density at radius 1 is 0.943 bits per heavy atom. The Morgan fingerprint density at radius 2 is 1.60 bits per heavy atom. The van der Waals surface area contributed by atoms with Crippen LogP contribution in [0.2, 0.25) is 0 Å². The van der Waals surface area contributed by atoms with E-state index < -0.39 is 12.1 Å². The van der Waals surface area contributed by atoms with Gasteiger partial charge in [0, 0.05) is 29.3 Å². The van der Waals surface area contributed by atoms with Crippen LogP contribution in [0, 0.1) is 34.0 Å². The summed E-state index contributed by atoms with van der Waals surface area (Å²) in [6, 6.07) is -1.27. The van der Waals surface area contributed by atoms with Crippen molar-refractivity contribution in [1.29, 1.82) is 0 Å². The second-order valence-corrected chi connectivity index (χ2v) is 13.2. The highest BCUT2D eigenvalue weighted by molar-refractivity contribution is 5.93. The highest BCUT2D eigenvalue weighted by Crippen LogP contribution is 2.84. The molecular formula is C28H45N3O4. The summed E-state index contributed by atoms with van der Waals surface area (Å²) in [6.45, 7) is 13.1. The number of nitrogens with zero attached hydrogens (tertiary/aromatic N) is 1. The van der Waals surface area contributed by atoms with E-state index in [1.165, 1.54) is 6.42 Å². The minimum absolute atomic E-state index is 0.000327. The van der Waals surface area contributed by atoms with Crippen molar-refractivity contribution in [2.75, 3.05) is 19.8 Å². The highest BCUT2D eigenvalue weighted by atomic mass is 16.5. The fourth-order valence-corrected chi connectivity index (χ4v) is 7.95. The molecule has 7 nitrogen and oxygen atoms in total. The van der Waals surface area contributed by atoms with Gasteiger partial charge < -0.3 is 20.3 Å². The van der Waals surface area contributed by atoms with Gasteiger partial charge in [-0.15, -0.1) is 0 Å². The SMILES string of the molecule is CC(C)C(NC(=O)N[C@H](C(=O)C1CC1)C1CCCCC1)C(=O)N1C[C@]2(C[C@H]1C)C(C)(C)C21COC1. The first-order valence-corrected chi connectivity index (χ1v) is 14.0. The molecule has 0 bridgehead atoms. The number of Topliss-reactive ketones (excluding diaryl/α,β-unsaturated/α-hetero) is 1. The number of amides is 3. The normalized spacial score (nSPS) is 32.9. The molecule has 35 heavy (non-hydrogen) atoms. The highest BCUT2D eigenvalue weighted by Gasteiger charge is 2.86. The smallest absolute Gasteiger partial charge is 0.316 e. The molecule has 4 atom stereocenters. The molecule has 2 N–H and O–H groups in total. The van der Waals surface area contributed by atoms with Crippen LogP contribution in [0.15, 0.2) is 0 Å². The van der Waals surface area contributed by atoms with Crippen LogP contribution in [0.25, 0.3) is 0 Å². The molecule has 2 spiro atoms. The van der Waals surface area contributed by atoms with Crippen LogP contribution < -0.4 is 10.6 Å². The van der Waals surface area contributed by atoms with Gasteiger partial charge in [-0.3, -0.25) is 9.59 Å². The van der Waals surface area contributed by atoms with Gasteiger partial charge in [-0.05, 0) is 56.3 Å². The monoisotopic (exact) mass is 487 g/mol. The van der Waals surface area contributed by atoms with Crippen molar-refractivity contribution in [3.05, 3.63) is 0 Å². The first-order valence-electron chi connectivity index (χ1n) is 14.0. The molecule has 5 fully saturated rings. The Morgan fingerprint density at radius 3 is 2.11 bits per heavy atom. The molecule has 0 aromatic carbocycles. The number of hydrogen-bond acceptors (Lipinski definition) is 4. The summed E-state index contributed by atoms with van der Waals surface area (Å²) in [7, 11) is 0.